The van der Waals surface area contributed by atoms with Crippen molar-refractivity contribution in [3.63, 3.8) is 0 Å². The zero-order valence-corrected chi connectivity index (χ0v) is 11.7. The average Bonchev–Trinajstić information content (AvgIpc) is 2.81. The van der Waals surface area contributed by atoms with Crippen LogP contribution in [-0.2, 0) is 14.4 Å². The van der Waals surface area contributed by atoms with Gasteiger partial charge >= 0.3 is 0 Å². The summed E-state index contributed by atoms with van der Waals surface area (Å²) in [5.41, 5.74) is 1.07. The first-order chi connectivity index (χ1) is 10.2. The smallest absolute Gasteiger partial charge is 0.229 e. The molecule has 0 spiro atoms. The number of benzene rings is 1. The standard InChI is InChI=1S/C16H18N2O3/c19-14(10-12-18-15(20)8-9-16(18)21)17-11-4-7-13-5-2-1-3-6-13/h1-7H,8-12H2,(H,17,19). The first-order valence-electron chi connectivity index (χ1n) is 6.98. The summed E-state index contributed by atoms with van der Waals surface area (Å²) in [6.45, 7) is 0.599. The van der Waals surface area contributed by atoms with Crippen molar-refractivity contribution in [1.82, 2.24) is 10.2 Å². The van der Waals surface area contributed by atoms with Crippen molar-refractivity contribution < 1.29 is 14.4 Å². The zero-order chi connectivity index (χ0) is 15.1. The molecule has 110 valence electrons. The number of likely N-dealkylation sites (tertiary alicyclic amines) is 1. The number of nitrogens with one attached hydrogen (secondary N) is 1. The Bertz CT molecular complexity index is 536. The lowest BCUT2D eigenvalue weighted by molar-refractivity contribution is -0.138. The van der Waals surface area contributed by atoms with Crippen molar-refractivity contribution >= 4 is 23.8 Å². The van der Waals surface area contributed by atoms with Crippen molar-refractivity contribution in [2.45, 2.75) is 19.3 Å². The highest BCUT2D eigenvalue weighted by Crippen LogP contribution is 2.11. The number of hydrogen-bond donors (Lipinski definition) is 1. The molecule has 1 aromatic rings. The number of hydrogen-bond acceptors (Lipinski definition) is 3. The molecule has 1 aromatic carbocycles. The third kappa shape index (κ3) is 4.56. The third-order valence-corrected chi connectivity index (χ3v) is 3.24. The summed E-state index contributed by atoms with van der Waals surface area (Å²) in [6, 6.07) is 9.79. The van der Waals surface area contributed by atoms with Gasteiger partial charge < -0.3 is 5.32 Å². The van der Waals surface area contributed by atoms with E-state index in [1.54, 1.807) is 0 Å². The molecule has 1 heterocycles. The largest absolute Gasteiger partial charge is 0.353 e. The Hall–Kier alpha value is -2.43. The number of carbonyl (C=O) groups is 3. The van der Waals surface area contributed by atoms with Gasteiger partial charge in [0.1, 0.15) is 0 Å². The molecule has 5 heteroatoms. The Morgan fingerprint density at radius 3 is 2.48 bits per heavy atom. The first kappa shape index (κ1) is 15.0. The van der Waals surface area contributed by atoms with E-state index in [1.165, 1.54) is 4.90 Å². The fourth-order valence-electron chi connectivity index (χ4n) is 2.11. The minimum atomic E-state index is -0.184. The lowest BCUT2D eigenvalue weighted by atomic mass is 10.2. The van der Waals surface area contributed by atoms with Gasteiger partial charge in [-0.15, -0.1) is 0 Å². The van der Waals surface area contributed by atoms with Gasteiger partial charge in [-0.25, -0.2) is 0 Å². The molecule has 1 aliphatic heterocycles. The van der Waals surface area contributed by atoms with Gasteiger partial charge in [0, 0.05) is 32.4 Å². The van der Waals surface area contributed by atoms with Gasteiger partial charge in [-0.3, -0.25) is 19.3 Å². The van der Waals surface area contributed by atoms with Crippen LogP contribution in [0.3, 0.4) is 0 Å². The van der Waals surface area contributed by atoms with E-state index in [9.17, 15) is 14.4 Å². The highest BCUT2D eigenvalue weighted by molar-refractivity contribution is 6.02. The molecule has 1 saturated heterocycles. The van der Waals surface area contributed by atoms with Crippen LogP contribution in [0.4, 0.5) is 0 Å². The fourth-order valence-corrected chi connectivity index (χ4v) is 2.11. The normalized spacial score (nSPS) is 15.0. The van der Waals surface area contributed by atoms with Crippen LogP contribution in [0.1, 0.15) is 24.8 Å². The van der Waals surface area contributed by atoms with Gasteiger partial charge in [-0.1, -0.05) is 42.5 Å². The summed E-state index contributed by atoms with van der Waals surface area (Å²) >= 11 is 0. The topological polar surface area (TPSA) is 66.5 Å². The van der Waals surface area contributed by atoms with Gasteiger partial charge in [0.25, 0.3) is 0 Å². The summed E-state index contributed by atoms with van der Waals surface area (Å²) < 4.78 is 0. The predicted molar refractivity (Wildman–Crippen MR) is 79.1 cm³/mol. The number of carbonyl (C=O) groups excluding carboxylic acids is 3. The number of nitrogens with zero attached hydrogens (tertiary/aromatic N) is 1. The molecule has 0 saturated carbocycles. The number of amides is 3. The maximum Gasteiger partial charge on any atom is 0.229 e. The Kier molecular flexibility index (Phi) is 5.26. The second kappa shape index (κ2) is 7.38. The van der Waals surface area contributed by atoms with E-state index in [0.29, 0.717) is 6.54 Å². The minimum Gasteiger partial charge on any atom is -0.353 e. The molecular formula is C16H18N2O3. The van der Waals surface area contributed by atoms with Crippen molar-refractivity contribution in [1.29, 1.82) is 0 Å². The van der Waals surface area contributed by atoms with Crippen LogP contribution in [0.15, 0.2) is 36.4 Å². The zero-order valence-electron chi connectivity index (χ0n) is 11.7. The summed E-state index contributed by atoms with van der Waals surface area (Å²) in [5.74, 6) is -0.534. The van der Waals surface area contributed by atoms with Crippen molar-refractivity contribution in [3.05, 3.63) is 42.0 Å². The summed E-state index contributed by atoms with van der Waals surface area (Å²) in [7, 11) is 0. The lowest BCUT2D eigenvalue weighted by Crippen LogP contribution is -2.34. The van der Waals surface area contributed by atoms with Crippen LogP contribution < -0.4 is 5.32 Å². The third-order valence-electron chi connectivity index (χ3n) is 3.24. The van der Waals surface area contributed by atoms with E-state index in [-0.39, 0.29) is 43.5 Å². The van der Waals surface area contributed by atoms with Crippen molar-refractivity contribution in [2.24, 2.45) is 0 Å². The van der Waals surface area contributed by atoms with E-state index in [2.05, 4.69) is 5.32 Å². The number of imide groups is 1. The van der Waals surface area contributed by atoms with Gasteiger partial charge in [-0.05, 0) is 5.56 Å². The quantitative estimate of drug-likeness (QED) is 0.803. The summed E-state index contributed by atoms with van der Waals surface area (Å²) in [4.78, 5) is 35.5. The van der Waals surface area contributed by atoms with Gasteiger partial charge in [0.2, 0.25) is 17.7 Å². The second-order valence-electron chi connectivity index (χ2n) is 4.81. The molecule has 0 aliphatic carbocycles. The fraction of sp³-hybridized carbons (Fsp3) is 0.312. The molecule has 5 nitrogen and oxygen atoms in total. The number of rotatable bonds is 6. The highest BCUT2D eigenvalue weighted by atomic mass is 16.2. The molecule has 1 aliphatic rings. The Labute approximate surface area is 123 Å². The average molecular weight is 286 g/mol. The van der Waals surface area contributed by atoms with E-state index < -0.39 is 0 Å². The minimum absolute atomic E-state index is 0.149. The van der Waals surface area contributed by atoms with Gasteiger partial charge in [-0.2, -0.15) is 0 Å². The monoisotopic (exact) mass is 286 g/mol. The van der Waals surface area contributed by atoms with Gasteiger partial charge in [0.05, 0.1) is 0 Å². The van der Waals surface area contributed by atoms with E-state index in [1.807, 2.05) is 42.5 Å². The van der Waals surface area contributed by atoms with Crippen LogP contribution in [0.25, 0.3) is 6.08 Å². The van der Waals surface area contributed by atoms with E-state index in [4.69, 9.17) is 0 Å². The van der Waals surface area contributed by atoms with Crippen molar-refractivity contribution in [3.8, 4) is 0 Å². The van der Waals surface area contributed by atoms with E-state index in [0.717, 1.165) is 5.56 Å². The lowest BCUT2D eigenvalue weighted by Gasteiger charge is -2.12. The highest BCUT2D eigenvalue weighted by Gasteiger charge is 2.28. The van der Waals surface area contributed by atoms with E-state index >= 15 is 0 Å². The first-order valence-corrected chi connectivity index (χ1v) is 6.98. The Balaban J connectivity index is 1.67. The molecule has 0 radical (unpaired) electrons. The van der Waals surface area contributed by atoms with Crippen LogP contribution >= 0.6 is 0 Å². The molecular weight excluding hydrogens is 268 g/mol. The second-order valence-corrected chi connectivity index (χ2v) is 4.81. The summed E-state index contributed by atoms with van der Waals surface area (Å²) in [6.07, 6.45) is 4.46. The molecule has 3 amide bonds. The summed E-state index contributed by atoms with van der Waals surface area (Å²) in [5, 5.41) is 2.73. The molecule has 0 bridgehead atoms. The molecule has 0 atom stereocenters. The van der Waals surface area contributed by atoms with Crippen LogP contribution in [0.5, 0.6) is 0 Å². The molecule has 1 N–H and O–H groups in total. The molecule has 0 unspecified atom stereocenters. The Morgan fingerprint density at radius 2 is 1.81 bits per heavy atom. The maximum absolute atomic E-state index is 11.6. The van der Waals surface area contributed by atoms with Gasteiger partial charge in [0.15, 0.2) is 0 Å². The Morgan fingerprint density at radius 1 is 1.14 bits per heavy atom. The SMILES string of the molecule is O=C(CCN1C(=O)CCC1=O)NCC=Cc1ccccc1. The van der Waals surface area contributed by atoms with Crippen LogP contribution in [0.2, 0.25) is 0 Å². The van der Waals surface area contributed by atoms with Crippen LogP contribution in [-0.4, -0.2) is 35.7 Å². The molecule has 2 rings (SSSR count). The van der Waals surface area contributed by atoms with Crippen molar-refractivity contribution in [2.75, 3.05) is 13.1 Å². The maximum atomic E-state index is 11.6. The van der Waals surface area contributed by atoms with Crippen LogP contribution in [0, 0.1) is 0 Å². The molecule has 0 aromatic heterocycles. The predicted octanol–water partition coefficient (Wildman–Crippen LogP) is 1.36. The molecule has 21 heavy (non-hydrogen) atoms. The molecule has 1 fully saturated rings.